The lowest BCUT2D eigenvalue weighted by molar-refractivity contribution is 0.0875. The molecule has 1 aliphatic carbocycles. The summed E-state index contributed by atoms with van der Waals surface area (Å²) in [6.07, 6.45) is 5.95. The normalized spacial score (nSPS) is 25.4. The fourth-order valence-corrected chi connectivity index (χ4v) is 2.49. The summed E-state index contributed by atoms with van der Waals surface area (Å²) in [6, 6.07) is 3.42. The average molecular weight is 238 g/mol. The third-order valence-electron chi connectivity index (χ3n) is 3.40. The van der Waals surface area contributed by atoms with Gasteiger partial charge in [0.05, 0.1) is 0 Å². The van der Waals surface area contributed by atoms with Gasteiger partial charge in [-0.25, -0.2) is 4.98 Å². The van der Waals surface area contributed by atoms with Crippen molar-refractivity contribution in [1.29, 1.82) is 0 Å². The number of hydrogen-bond acceptors (Lipinski definition) is 2. The first kappa shape index (κ1) is 11.6. The number of ketones is 1. The highest BCUT2D eigenvalue weighted by Crippen LogP contribution is 2.30. The number of hydrogen-bond donors (Lipinski definition) is 0. The minimum Gasteiger partial charge on any atom is -0.294 e. The maximum absolute atomic E-state index is 12.2. The molecule has 0 radical (unpaired) electrons. The molecule has 0 unspecified atom stereocenters. The van der Waals surface area contributed by atoms with Crippen molar-refractivity contribution in [1.82, 2.24) is 4.98 Å². The van der Waals surface area contributed by atoms with Gasteiger partial charge in [0.1, 0.15) is 5.15 Å². The standard InChI is InChI=1S/C13H16ClNO/c1-9-2-4-10(5-3-9)13(16)11-6-7-15-12(14)8-11/h6-10H,2-5H2,1H3. The average Bonchev–Trinajstić information content (AvgIpc) is 2.29. The molecule has 0 aliphatic heterocycles. The minimum atomic E-state index is 0.190. The van der Waals surface area contributed by atoms with Crippen LogP contribution in [0.3, 0.4) is 0 Å². The Kier molecular flexibility index (Phi) is 3.59. The number of Topliss-reactive ketones (excluding diaryl/α,β-unsaturated/α-hetero) is 1. The minimum absolute atomic E-state index is 0.190. The summed E-state index contributed by atoms with van der Waals surface area (Å²) in [6.45, 7) is 2.25. The first-order chi connectivity index (χ1) is 7.66. The molecular formula is C13H16ClNO. The van der Waals surface area contributed by atoms with Crippen molar-refractivity contribution >= 4 is 17.4 Å². The molecule has 0 saturated heterocycles. The summed E-state index contributed by atoms with van der Waals surface area (Å²) in [7, 11) is 0. The highest BCUT2D eigenvalue weighted by Gasteiger charge is 2.25. The summed E-state index contributed by atoms with van der Waals surface area (Å²) in [5.41, 5.74) is 0.708. The number of nitrogens with zero attached hydrogens (tertiary/aromatic N) is 1. The lowest BCUT2D eigenvalue weighted by atomic mass is 9.79. The number of pyridine rings is 1. The Balaban J connectivity index is 2.08. The van der Waals surface area contributed by atoms with Crippen molar-refractivity contribution in [2.75, 3.05) is 0 Å². The zero-order chi connectivity index (χ0) is 11.5. The van der Waals surface area contributed by atoms with E-state index in [-0.39, 0.29) is 11.7 Å². The van der Waals surface area contributed by atoms with E-state index in [1.54, 1.807) is 18.3 Å². The zero-order valence-corrected chi connectivity index (χ0v) is 10.2. The maximum atomic E-state index is 12.2. The summed E-state index contributed by atoms with van der Waals surface area (Å²) in [5.74, 6) is 1.19. The third-order valence-corrected chi connectivity index (χ3v) is 3.60. The smallest absolute Gasteiger partial charge is 0.166 e. The number of carbonyl (C=O) groups is 1. The number of aromatic nitrogens is 1. The molecule has 1 saturated carbocycles. The van der Waals surface area contributed by atoms with Crippen molar-refractivity contribution in [3.63, 3.8) is 0 Å². The SMILES string of the molecule is CC1CCC(C(=O)c2ccnc(Cl)c2)CC1. The molecule has 1 heterocycles. The van der Waals surface area contributed by atoms with Gasteiger partial charge in [-0.05, 0) is 30.9 Å². The molecule has 86 valence electrons. The zero-order valence-electron chi connectivity index (χ0n) is 9.45. The van der Waals surface area contributed by atoms with Gasteiger partial charge in [0.25, 0.3) is 0 Å². The van der Waals surface area contributed by atoms with E-state index in [1.807, 2.05) is 0 Å². The highest BCUT2D eigenvalue weighted by atomic mass is 35.5. The molecular weight excluding hydrogens is 222 g/mol. The van der Waals surface area contributed by atoms with Crippen LogP contribution in [0.4, 0.5) is 0 Å². The lowest BCUT2D eigenvalue weighted by Gasteiger charge is -2.25. The van der Waals surface area contributed by atoms with Gasteiger partial charge in [0, 0.05) is 17.7 Å². The van der Waals surface area contributed by atoms with Crippen molar-refractivity contribution in [2.45, 2.75) is 32.6 Å². The van der Waals surface area contributed by atoms with E-state index in [9.17, 15) is 4.79 Å². The number of rotatable bonds is 2. The summed E-state index contributed by atoms with van der Waals surface area (Å²) >= 11 is 5.79. The molecule has 0 amide bonds. The molecule has 0 spiro atoms. The van der Waals surface area contributed by atoms with Gasteiger partial charge in [0.15, 0.2) is 5.78 Å². The molecule has 1 aliphatic rings. The van der Waals surface area contributed by atoms with E-state index < -0.39 is 0 Å². The van der Waals surface area contributed by atoms with Crippen LogP contribution < -0.4 is 0 Å². The van der Waals surface area contributed by atoms with Gasteiger partial charge in [-0.2, -0.15) is 0 Å². The largest absolute Gasteiger partial charge is 0.294 e. The molecule has 0 aromatic carbocycles. The fraction of sp³-hybridized carbons (Fsp3) is 0.538. The van der Waals surface area contributed by atoms with E-state index in [0.29, 0.717) is 10.7 Å². The first-order valence-electron chi connectivity index (χ1n) is 5.82. The van der Waals surface area contributed by atoms with Crippen LogP contribution in [0, 0.1) is 11.8 Å². The Morgan fingerprint density at radius 2 is 2.06 bits per heavy atom. The van der Waals surface area contributed by atoms with Crippen LogP contribution in [-0.2, 0) is 0 Å². The van der Waals surface area contributed by atoms with Crippen LogP contribution in [0.2, 0.25) is 5.15 Å². The molecule has 1 aromatic rings. The summed E-state index contributed by atoms with van der Waals surface area (Å²) < 4.78 is 0. The predicted octanol–water partition coefficient (Wildman–Crippen LogP) is 3.74. The van der Waals surface area contributed by atoms with Crippen LogP contribution in [0.15, 0.2) is 18.3 Å². The summed E-state index contributed by atoms with van der Waals surface area (Å²) in [4.78, 5) is 16.1. The molecule has 1 aromatic heterocycles. The van der Waals surface area contributed by atoms with Gasteiger partial charge < -0.3 is 0 Å². The van der Waals surface area contributed by atoms with Crippen LogP contribution in [0.1, 0.15) is 43.0 Å². The number of carbonyl (C=O) groups excluding carboxylic acids is 1. The van der Waals surface area contributed by atoms with E-state index >= 15 is 0 Å². The van der Waals surface area contributed by atoms with Gasteiger partial charge in [-0.3, -0.25) is 4.79 Å². The monoisotopic (exact) mass is 237 g/mol. The third kappa shape index (κ3) is 2.62. The topological polar surface area (TPSA) is 30.0 Å². The van der Waals surface area contributed by atoms with Crippen LogP contribution >= 0.6 is 11.6 Å². The van der Waals surface area contributed by atoms with Crippen molar-refractivity contribution in [3.8, 4) is 0 Å². The van der Waals surface area contributed by atoms with E-state index in [4.69, 9.17) is 11.6 Å². The van der Waals surface area contributed by atoms with Crippen LogP contribution in [-0.4, -0.2) is 10.8 Å². The highest BCUT2D eigenvalue weighted by molar-refractivity contribution is 6.29. The van der Waals surface area contributed by atoms with Gasteiger partial charge in [0.2, 0.25) is 0 Å². The molecule has 0 atom stereocenters. The Morgan fingerprint density at radius 3 is 2.69 bits per heavy atom. The maximum Gasteiger partial charge on any atom is 0.166 e. The van der Waals surface area contributed by atoms with Crippen molar-refractivity contribution in [3.05, 3.63) is 29.0 Å². The number of halogens is 1. The van der Waals surface area contributed by atoms with Crippen LogP contribution in [0.5, 0.6) is 0 Å². The first-order valence-corrected chi connectivity index (χ1v) is 6.20. The van der Waals surface area contributed by atoms with E-state index in [0.717, 1.165) is 31.6 Å². The second kappa shape index (κ2) is 4.96. The molecule has 3 heteroatoms. The molecule has 16 heavy (non-hydrogen) atoms. The molecule has 2 nitrogen and oxygen atoms in total. The Bertz CT molecular complexity index is 383. The molecule has 2 rings (SSSR count). The summed E-state index contributed by atoms with van der Waals surface area (Å²) in [5, 5.41) is 0.398. The molecule has 1 fully saturated rings. The predicted molar refractivity (Wildman–Crippen MR) is 64.7 cm³/mol. The van der Waals surface area contributed by atoms with E-state index in [1.165, 1.54) is 0 Å². The second-order valence-electron chi connectivity index (χ2n) is 4.69. The van der Waals surface area contributed by atoms with Crippen LogP contribution in [0.25, 0.3) is 0 Å². The second-order valence-corrected chi connectivity index (χ2v) is 5.08. The Morgan fingerprint density at radius 1 is 1.38 bits per heavy atom. The quantitative estimate of drug-likeness (QED) is 0.579. The van der Waals surface area contributed by atoms with Gasteiger partial charge in [-0.1, -0.05) is 31.4 Å². The Labute approximate surface area is 101 Å². The molecule has 0 bridgehead atoms. The van der Waals surface area contributed by atoms with Gasteiger partial charge >= 0.3 is 0 Å². The van der Waals surface area contributed by atoms with E-state index in [2.05, 4.69) is 11.9 Å². The van der Waals surface area contributed by atoms with Crippen molar-refractivity contribution < 1.29 is 4.79 Å². The molecule has 0 N–H and O–H groups in total. The van der Waals surface area contributed by atoms with Crippen molar-refractivity contribution in [2.24, 2.45) is 11.8 Å². The Hall–Kier alpha value is -0.890. The lowest BCUT2D eigenvalue weighted by Crippen LogP contribution is -2.21. The van der Waals surface area contributed by atoms with Gasteiger partial charge in [-0.15, -0.1) is 0 Å². The fourth-order valence-electron chi connectivity index (χ4n) is 2.31.